The minimum Gasteiger partial charge on any atom is -0.380 e. The number of halogens is 1. The quantitative estimate of drug-likeness (QED) is 0.693. The van der Waals surface area contributed by atoms with E-state index < -0.39 is 0 Å². The van der Waals surface area contributed by atoms with Crippen LogP contribution in [-0.4, -0.2) is 15.8 Å². The topological polar surface area (TPSA) is 32.3 Å². The van der Waals surface area contributed by atoms with Crippen molar-refractivity contribution in [3.63, 3.8) is 0 Å². The second-order valence-corrected chi connectivity index (χ2v) is 6.24. The average Bonchev–Trinajstić information content (AvgIpc) is 2.63. The molecule has 1 N–H and O–H groups in total. The predicted octanol–water partition coefficient (Wildman–Crippen LogP) is 3.10. The fraction of sp³-hybridized carbons (Fsp3) is 0.312. The Morgan fingerprint density at radius 1 is 1.40 bits per heavy atom. The second kappa shape index (κ2) is 4.22. The number of allylic oxidation sites excluding steroid dienone is 5. The van der Waals surface area contributed by atoms with Crippen molar-refractivity contribution in [3.8, 4) is 0 Å². The van der Waals surface area contributed by atoms with Crippen molar-refractivity contribution >= 4 is 21.9 Å². The first kappa shape index (κ1) is 12.2. The van der Waals surface area contributed by atoms with Crippen LogP contribution in [0, 0.1) is 5.41 Å². The van der Waals surface area contributed by atoms with E-state index in [1.807, 2.05) is 12.3 Å². The zero-order chi connectivity index (χ0) is 13.7. The van der Waals surface area contributed by atoms with Crippen LogP contribution < -0.4 is 5.32 Å². The second-order valence-electron chi connectivity index (χ2n) is 5.53. The number of ketones is 1. The summed E-state index contributed by atoms with van der Waals surface area (Å²) in [6, 6.07) is -0.198. The lowest BCUT2D eigenvalue weighted by Gasteiger charge is -2.40. The number of carbonyl (C=O) groups excluding carboxylic acids is 1. The molecule has 0 bridgehead atoms. The van der Waals surface area contributed by atoms with E-state index in [0.29, 0.717) is 6.42 Å². The largest absolute Gasteiger partial charge is 0.380 e. The van der Waals surface area contributed by atoms with Crippen LogP contribution in [0.25, 0.3) is 0 Å². The van der Waals surface area contributed by atoms with Crippen LogP contribution in [0.4, 0.5) is 0 Å². The van der Waals surface area contributed by atoms with Crippen LogP contribution >= 0.6 is 16.1 Å². The molecule has 4 heteroatoms. The van der Waals surface area contributed by atoms with E-state index in [2.05, 4.69) is 55.8 Å². The van der Waals surface area contributed by atoms with E-state index in [0.717, 1.165) is 12.8 Å². The number of nitrogens with one attached hydrogen (secondary N) is 1. The first-order chi connectivity index (χ1) is 9.75. The molecule has 2 atom stereocenters. The van der Waals surface area contributed by atoms with E-state index in [9.17, 15) is 4.79 Å². The van der Waals surface area contributed by atoms with Crippen LogP contribution in [0.15, 0.2) is 59.6 Å². The third-order valence-corrected chi connectivity index (χ3v) is 5.36. The lowest BCUT2D eigenvalue weighted by atomic mass is 9.66. The molecule has 0 fully saturated rings. The maximum absolute atomic E-state index is 12.5. The molecule has 0 radical (unpaired) electrons. The van der Waals surface area contributed by atoms with E-state index in [1.54, 1.807) is 0 Å². The van der Waals surface area contributed by atoms with E-state index in [4.69, 9.17) is 0 Å². The van der Waals surface area contributed by atoms with Crippen molar-refractivity contribution in [2.75, 3.05) is 0 Å². The van der Waals surface area contributed by atoms with Crippen molar-refractivity contribution in [2.45, 2.75) is 25.3 Å². The molecular formula is C16H15BrN2O. The molecule has 0 aromatic rings. The van der Waals surface area contributed by atoms with Crippen molar-refractivity contribution in [1.82, 2.24) is 9.24 Å². The maximum atomic E-state index is 12.5. The lowest BCUT2D eigenvalue weighted by Crippen LogP contribution is -2.51. The van der Waals surface area contributed by atoms with Gasteiger partial charge in [-0.25, -0.2) is 0 Å². The van der Waals surface area contributed by atoms with E-state index in [-0.39, 0.29) is 17.2 Å². The molecule has 102 valence electrons. The van der Waals surface area contributed by atoms with Gasteiger partial charge < -0.3 is 5.32 Å². The Bertz CT molecular complexity index is 641. The highest BCUT2D eigenvalue weighted by atomic mass is 79.9. The Labute approximate surface area is 126 Å². The Morgan fingerprint density at radius 2 is 2.30 bits per heavy atom. The monoisotopic (exact) mass is 330 g/mol. The summed E-state index contributed by atoms with van der Waals surface area (Å²) in [5.41, 5.74) is 3.37. The molecular weight excluding hydrogens is 316 g/mol. The van der Waals surface area contributed by atoms with Gasteiger partial charge in [0.15, 0.2) is 5.78 Å². The predicted molar refractivity (Wildman–Crippen MR) is 81.5 cm³/mol. The highest BCUT2D eigenvalue weighted by molar-refractivity contribution is 9.07. The standard InChI is InChI=1S/C16H15BrN2O/c17-19-12-6-2-1-5-11(12)16-9-3-4-10-18-15(16)13(20)7-8-14(16)19/h2-4,6,8-10,15,18H,1,5,7H2. The number of hydrogen-bond donors (Lipinski definition) is 1. The molecule has 0 saturated carbocycles. The van der Waals surface area contributed by atoms with Gasteiger partial charge in [-0.1, -0.05) is 24.3 Å². The molecule has 3 nitrogen and oxygen atoms in total. The third kappa shape index (κ3) is 1.37. The summed E-state index contributed by atoms with van der Waals surface area (Å²) in [6.45, 7) is 0. The summed E-state index contributed by atoms with van der Waals surface area (Å²) in [4.78, 5) is 12.5. The molecule has 2 unspecified atom stereocenters. The number of hydrogen-bond acceptors (Lipinski definition) is 3. The van der Waals surface area contributed by atoms with Crippen LogP contribution in [0.3, 0.4) is 0 Å². The first-order valence-electron chi connectivity index (χ1n) is 6.95. The minimum atomic E-state index is -0.331. The molecule has 2 heterocycles. The van der Waals surface area contributed by atoms with Crippen LogP contribution in [0.1, 0.15) is 19.3 Å². The molecule has 0 aromatic heterocycles. The van der Waals surface area contributed by atoms with Crippen molar-refractivity contribution in [2.24, 2.45) is 5.41 Å². The lowest BCUT2D eigenvalue weighted by molar-refractivity contribution is -0.122. The fourth-order valence-corrected chi connectivity index (χ4v) is 4.53. The fourth-order valence-electron chi connectivity index (χ4n) is 3.76. The molecule has 0 saturated heterocycles. The van der Waals surface area contributed by atoms with Gasteiger partial charge in [0.25, 0.3) is 0 Å². The highest BCUT2D eigenvalue weighted by Crippen LogP contribution is 2.57. The Balaban J connectivity index is 1.99. The number of carbonyl (C=O) groups is 1. The van der Waals surface area contributed by atoms with Gasteiger partial charge >= 0.3 is 0 Å². The number of nitrogens with zero attached hydrogens (tertiary/aromatic N) is 1. The summed E-state index contributed by atoms with van der Waals surface area (Å²) in [7, 11) is 0. The summed E-state index contributed by atoms with van der Waals surface area (Å²) in [5, 5.41) is 3.31. The number of Topliss-reactive ketones (excluding diaryl/α,β-unsaturated/α-hetero) is 1. The van der Waals surface area contributed by atoms with Gasteiger partial charge in [-0.2, -0.15) is 0 Å². The van der Waals surface area contributed by atoms with Gasteiger partial charge in [0.2, 0.25) is 0 Å². The minimum absolute atomic E-state index is 0.198. The van der Waals surface area contributed by atoms with Gasteiger partial charge in [-0.15, -0.1) is 0 Å². The Morgan fingerprint density at radius 3 is 3.20 bits per heavy atom. The molecule has 2 aliphatic carbocycles. The van der Waals surface area contributed by atoms with E-state index >= 15 is 0 Å². The van der Waals surface area contributed by atoms with Gasteiger partial charge in [0.05, 0.1) is 27.3 Å². The summed E-state index contributed by atoms with van der Waals surface area (Å²) in [5.74, 6) is 0.258. The van der Waals surface area contributed by atoms with Gasteiger partial charge in [-0.05, 0) is 36.8 Å². The van der Waals surface area contributed by atoms with Crippen LogP contribution in [-0.2, 0) is 4.79 Å². The smallest absolute Gasteiger partial charge is 0.160 e. The van der Waals surface area contributed by atoms with Crippen LogP contribution in [0.5, 0.6) is 0 Å². The number of rotatable bonds is 0. The molecule has 0 aromatic carbocycles. The van der Waals surface area contributed by atoms with Gasteiger partial charge in [0, 0.05) is 12.1 Å². The summed E-state index contributed by atoms with van der Waals surface area (Å²) >= 11 is 3.69. The third-order valence-electron chi connectivity index (χ3n) is 4.60. The average molecular weight is 331 g/mol. The normalized spacial score (nSPS) is 34.2. The zero-order valence-corrected chi connectivity index (χ0v) is 12.6. The molecule has 4 aliphatic rings. The molecule has 0 amide bonds. The summed E-state index contributed by atoms with van der Waals surface area (Å²) < 4.78 is 2.08. The van der Waals surface area contributed by atoms with Crippen LogP contribution in [0.2, 0.25) is 0 Å². The molecule has 2 aliphatic heterocycles. The van der Waals surface area contributed by atoms with Crippen molar-refractivity contribution in [3.05, 3.63) is 59.6 Å². The van der Waals surface area contributed by atoms with Gasteiger partial charge in [-0.3, -0.25) is 8.72 Å². The Hall–Kier alpha value is -1.55. The van der Waals surface area contributed by atoms with Gasteiger partial charge in [0.1, 0.15) is 6.04 Å². The molecule has 1 spiro atoms. The first-order valence-corrected chi connectivity index (χ1v) is 7.66. The molecule has 4 rings (SSSR count). The SMILES string of the molecule is O=C1CC=C2N(Br)C3=C(CCC=C3)C23C=CC=CNC13. The van der Waals surface area contributed by atoms with Crippen molar-refractivity contribution < 1.29 is 4.79 Å². The summed E-state index contributed by atoms with van der Waals surface area (Å²) in [6.07, 6.45) is 17.0. The zero-order valence-electron chi connectivity index (χ0n) is 11.0. The highest BCUT2D eigenvalue weighted by Gasteiger charge is 2.55. The maximum Gasteiger partial charge on any atom is 0.160 e. The van der Waals surface area contributed by atoms with E-state index in [1.165, 1.54) is 17.0 Å². The van der Waals surface area contributed by atoms with Crippen molar-refractivity contribution in [1.29, 1.82) is 0 Å². The Kier molecular flexibility index (Phi) is 2.58. The molecule has 20 heavy (non-hydrogen) atoms.